The van der Waals surface area contributed by atoms with Gasteiger partial charge in [-0.15, -0.1) is 0 Å². The molecular weight excluding hydrogens is 168 g/mol. The monoisotopic (exact) mass is 184 g/mol. The molecule has 0 saturated heterocycles. The van der Waals surface area contributed by atoms with Crippen molar-refractivity contribution in [3.8, 4) is 0 Å². The first kappa shape index (κ1) is 10.1. The predicted octanol–water partition coefficient (Wildman–Crippen LogP) is 0.411. The lowest BCUT2D eigenvalue weighted by molar-refractivity contribution is 0.278. The molecule has 0 aliphatic carbocycles. The normalized spacial score (nSPS) is 13.5. The third-order valence-corrected chi connectivity index (χ3v) is 2.06. The quantitative estimate of drug-likeness (QED) is 0.718. The second kappa shape index (κ2) is 4.94. The minimum atomic E-state index is -0.154. The van der Waals surface area contributed by atoms with Crippen LogP contribution in [0.2, 0.25) is 0 Å². The Bertz CT molecular complexity index is 220. The van der Waals surface area contributed by atoms with E-state index >= 15 is 0 Å². The molecule has 0 fully saturated rings. The molecule has 5 heteroatoms. The van der Waals surface area contributed by atoms with Crippen molar-refractivity contribution in [2.45, 2.75) is 19.9 Å². The van der Waals surface area contributed by atoms with Gasteiger partial charge in [0.25, 0.3) is 0 Å². The molecule has 0 aliphatic rings. The molecule has 1 rings (SSSR count). The fourth-order valence-corrected chi connectivity index (χ4v) is 1.18. The maximum atomic E-state index is 5.86. The summed E-state index contributed by atoms with van der Waals surface area (Å²) in [7, 11) is 0. The second-order valence-corrected chi connectivity index (χ2v) is 2.88. The lowest BCUT2D eigenvalue weighted by Gasteiger charge is -2.20. The van der Waals surface area contributed by atoms with Crippen molar-refractivity contribution < 1.29 is 4.52 Å². The third kappa shape index (κ3) is 2.78. The SMILES string of the molecule is CCN(CC)CC(N)c1ncon1. The van der Waals surface area contributed by atoms with Crippen LogP contribution in [0, 0.1) is 0 Å². The highest BCUT2D eigenvalue weighted by atomic mass is 16.5. The molecule has 0 amide bonds. The van der Waals surface area contributed by atoms with E-state index in [1.807, 2.05) is 0 Å². The molecule has 13 heavy (non-hydrogen) atoms. The highest BCUT2D eigenvalue weighted by Gasteiger charge is 2.13. The Morgan fingerprint density at radius 3 is 2.69 bits per heavy atom. The van der Waals surface area contributed by atoms with E-state index in [4.69, 9.17) is 5.73 Å². The molecule has 0 aliphatic heterocycles. The highest BCUT2D eigenvalue weighted by molar-refractivity contribution is 4.89. The van der Waals surface area contributed by atoms with Gasteiger partial charge in [-0.25, -0.2) is 0 Å². The zero-order valence-electron chi connectivity index (χ0n) is 8.10. The molecule has 5 nitrogen and oxygen atoms in total. The van der Waals surface area contributed by atoms with E-state index in [1.165, 1.54) is 6.39 Å². The summed E-state index contributed by atoms with van der Waals surface area (Å²) < 4.78 is 4.62. The van der Waals surface area contributed by atoms with E-state index in [-0.39, 0.29) is 6.04 Å². The number of nitrogens with two attached hydrogens (primary N) is 1. The van der Waals surface area contributed by atoms with Crippen molar-refractivity contribution >= 4 is 0 Å². The summed E-state index contributed by atoms with van der Waals surface area (Å²) in [6.07, 6.45) is 1.30. The molecule has 1 atom stereocenters. The zero-order chi connectivity index (χ0) is 9.68. The van der Waals surface area contributed by atoms with Crippen LogP contribution in [0.3, 0.4) is 0 Å². The first-order valence-corrected chi connectivity index (χ1v) is 4.52. The van der Waals surface area contributed by atoms with Crippen molar-refractivity contribution in [1.82, 2.24) is 15.0 Å². The fourth-order valence-electron chi connectivity index (χ4n) is 1.18. The summed E-state index contributed by atoms with van der Waals surface area (Å²) in [5.41, 5.74) is 5.86. The third-order valence-electron chi connectivity index (χ3n) is 2.06. The summed E-state index contributed by atoms with van der Waals surface area (Å²) in [5.74, 6) is 0.576. The molecule has 0 spiro atoms. The van der Waals surface area contributed by atoms with Crippen molar-refractivity contribution in [2.24, 2.45) is 5.73 Å². The summed E-state index contributed by atoms with van der Waals surface area (Å²) >= 11 is 0. The molecule has 0 bridgehead atoms. The number of hydrogen-bond donors (Lipinski definition) is 1. The first-order valence-electron chi connectivity index (χ1n) is 4.52. The topological polar surface area (TPSA) is 68.2 Å². The Balaban J connectivity index is 2.45. The van der Waals surface area contributed by atoms with Gasteiger partial charge in [0.1, 0.15) is 0 Å². The van der Waals surface area contributed by atoms with Crippen LogP contribution in [0.5, 0.6) is 0 Å². The molecule has 1 aromatic rings. The van der Waals surface area contributed by atoms with Gasteiger partial charge in [0.2, 0.25) is 6.39 Å². The smallest absolute Gasteiger partial charge is 0.213 e. The predicted molar refractivity (Wildman–Crippen MR) is 49.0 cm³/mol. The van der Waals surface area contributed by atoms with Crippen LogP contribution >= 0.6 is 0 Å². The Morgan fingerprint density at radius 2 is 2.23 bits per heavy atom. The van der Waals surface area contributed by atoms with E-state index in [9.17, 15) is 0 Å². The van der Waals surface area contributed by atoms with Gasteiger partial charge in [-0.05, 0) is 13.1 Å². The minimum absolute atomic E-state index is 0.154. The number of likely N-dealkylation sites (N-methyl/N-ethyl adjacent to an activating group) is 1. The van der Waals surface area contributed by atoms with Crippen LogP contribution in [0.25, 0.3) is 0 Å². The molecule has 1 unspecified atom stereocenters. The second-order valence-electron chi connectivity index (χ2n) is 2.88. The molecule has 2 N–H and O–H groups in total. The average Bonchev–Trinajstić information content (AvgIpc) is 2.66. The number of hydrogen-bond acceptors (Lipinski definition) is 5. The largest absolute Gasteiger partial charge is 0.343 e. The molecule has 0 saturated carbocycles. The van der Waals surface area contributed by atoms with Gasteiger partial charge in [0, 0.05) is 6.54 Å². The summed E-state index contributed by atoms with van der Waals surface area (Å²) in [5, 5.41) is 3.70. The van der Waals surface area contributed by atoms with Crippen LogP contribution in [-0.2, 0) is 0 Å². The van der Waals surface area contributed by atoms with E-state index in [0.717, 1.165) is 19.6 Å². The molecule has 74 valence electrons. The zero-order valence-corrected chi connectivity index (χ0v) is 8.10. The molecule has 1 heterocycles. The molecular formula is C8H16N4O. The van der Waals surface area contributed by atoms with Gasteiger partial charge in [-0.2, -0.15) is 4.98 Å². The van der Waals surface area contributed by atoms with Crippen LogP contribution in [0.1, 0.15) is 25.7 Å². The number of aromatic nitrogens is 2. The van der Waals surface area contributed by atoms with Crippen LogP contribution in [0.15, 0.2) is 10.9 Å². The highest BCUT2D eigenvalue weighted by Crippen LogP contribution is 2.05. The van der Waals surface area contributed by atoms with E-state index < -0.39 is 0 Å². The molecule has 0 aromatic carbocycles. The van der Waals surface area contributed by atoms with Crippen molar-refractivity contribution in [3.63, 3.8) is 0 Å². The van der Waals surface area contributed by atoms with Gasteiger partial charge < -0.3 is 15.2 Å². The Hall–Kier alpha value is -0.940. The minimum Gasteiger partial charge on any atom is -0.343 e. The van der Waals surface area contributed by atoms with Gasteiger partial charge in [0.05, 0.1) is 6.04 Å². The average molecular weight is 184 g/mol. The van der Waals surface area contributed by atoms with Gasteiger partial charge >= 0.3 is 0 Å². The molecule has 1 aromatic heterocycles. The number of rotatable bonds is 5. The van der Waals surface area contributed by atoms with E-state index in [1.54, 1.807) is 0 Å². The summed E-state index contributed by atoms with van der Waals surface area (Å²) in [6, 6.07) is -0.154. The maximum absolute atomic E-state index is 5.86. The Labute approximate surface area is 77.9 Å². The van der Waals surface area contributed by atoms with Crippen LogP contribution in [-0.4, -0.2) is 34.7 Å². The Kier molecular flexibility index (Phi) is 3.85. The fraction of sp³-hybridized carbons (Fsp3) is 0.750. The van der Waals surface area contributed by atoms with Gasteiger partial charge in [-0.1, -0.05) is 19.0 Å². The maximum Gasteiger partial charge on any atom is 0.213 e. The summed E-state index contributed by atoms with van der Waals surface area (Å²) in [6.45, 7) is 6.95. The van der Waals surface area contributed by atoms with E-state index in [0.29, 0.717) is 5.82 Å². The van der Waals surface area contributed by atoms with Crippen molar-refractivity contribution in [1.29, 1.82) is 0 Å². The lowest BCUT2D eigenvalue weighted by Crippen LogP contribution is -2.32. The van der Waals surface area contributed by atoms with Crippen LogP contribution in [0.4, 0.5) is 0 Å². The Morgan fingerprint density at radius 1 is 1.54 bits per heavy atom. The van der Waals surface area contributed by atoms with E-state index in [2.05, 4.69) is 33.4 Å². The summed E-state index contributed by atoms with van der Waals surface area (Å²) in [4.78, 5) is 6.13. The van der Waals surface area contributed by atoms with Crippen LogP contribution < -0.4 is 5.73 Å². The van der Waals surface area contributed by atoms with Gasteiger partial charge in [0.15, 0.2) is 5.82 Å². The van der Waals surface area contributed by atoms with Crippen molar-refractivity contribution in [2.75, 3.05) is 19.6 Å². The van der Waals surface area contributed by atoms with Gasteiger partial charge in [-0.3, -0.25) is 0 Å². The van der Waals surface area contributed by atoms with Crippen molar-refractivity contribution in [3.05, 3.63) is 12.2 Å². The molecule has 0 radical (unpaired) electrons. The standard InChI is InChI=1S/C8H16N4O/c1-3-12(4-2)5-7(9)8-10-6-13-11-8/h6-7H,3-5,9H2,1-2H3. The lowest BCUT2D eigenvalue weighted by atomic mass is 10.2. The first-order chi connectivity index (χ1) is 6.27. The number of nitrogens with zero attached hydrogens (tertiary/aromatic N) is 3.